The summed E-state index contributed by atoms with van der Waals surface area (Å²) < 4.78 is 50.5. The molecule has 2 N–H and O–H groups in total. The van der Waals surface area contributed by atoms with Gasteiger partial charge in [-0.3, -0.25) is 4.79 Å². The van der Waals surface area contributed by atoms with E-state index in [1.54, 1.807) is 4.72 Å². The molecular formula is C8H6F2N2O4S. The average molecular weight is 264 g/mol. The van der Waals surface area contributed by atoms with Crippen molar-refractivity contribution in [3.05, 3.63) is 23.8 Å². The minimum atomic E-state index is -4.16. The predicted molar refractivity (Wildman–Crippen MR) is 52.4 cm³/mol. The van der Waals surface area contributed by atoms with Crippen LogP contribution in [0, 0.1) is 11.6 Å². The molecule has 1 saturated heterocycles. The van der Waals surface area contributed by atoms with Crippen LogP contribution >= 0.6 is 0 Å². The van der Waals surface area contributed by atoms with Gasteiger partial charge >= 0.3 is 10.2 Å². The summed E-state index contributed by atoms with van der Waals surface area (Å²) in [7, 11) is -4.16. The summed E-state index contributed by atoms with van der Waals surface area (Å²) in [6.45, 7) is -0.596. The number of carbonyl (C=O) groups is 1. The number of amides is 1. The Bertz CT molecular complexity index is 602. The number of phenols is 1. The van der Waals surface area contributed by atoms with E-state index in [9.17, 15) is 27.1 Å². The monoisotopic (exact) mass is 264 g/mol. The number of benzene rings is 1. The van der Waals surface area contributed by atoms with Crippen molar-refractivity contribution >= 4 is 21.8 Å². The van der Waals surface area contributed by atoms with Crippen LogP contribution in [-0.4, -0.2) is 26.0 Å². The van der Waals surface area contributed by atoms with Crippen molar-refractivity contribution in [2.75, 3.05) is 10.8 Å². The van der Waals surface area contributed by atoms with Gasteiger partial charge in [-0.15, -0.1) is 0 Å². The molecule has 0 spiro atoms. The Morgan fingerprint density at radius 2 is 1.88 bits per heavy atom. The highest BCUT2D eigenvalue weighted by atomic mass is 32.2. The van der Waals surface area contributed by atoms with Gasteiger partial charge in [0.05, 0.1) is 5.69 Å². The molecule has 1 aliphatic rings. The fraction of sp³-hybridized carbons (Fsp3) is 0.125. The van der Waals surface area contributed by atoms with Gasteiger partial charge in [0.2, 0.25) is 0 Å². The number of aromatic hydroxyl groups is 1. The summed E-state index contributed by atoms with van der Waals surface area (Å²) in [6.07, 6.45) is 0. The summed E-state index contributed by atoms with van der Waals surface area (Å²) in [6, 6.07) is 0.936. The second-order valence-corrected chi connectivity index (χ2v) is 4.89. The molecule has 1 amide bonds. The van der Waals surface area contributed by atoms with Gasteiger partial charge in [0.25, 0.3) is 5.91 Å². The molecule has 1 heterocycles. The number of phenolic OH excluding ortho intramolecular Hbond substituents is 1. The molecule has 9 heteroatoms. The van der Waals surface area contributed by atoms with Gasteiger partial charge in [0.1, 0.15) is 12.3 Å². The van der Waals surface area contributed by atoms with E-state index in [-0.39, 0.29) is 0 Å². The molecule has 17 heavy (non-hydrogen) atoms. The molecule has 0 radical (unpaired) electrons. The normalized spacial score (nSPS) is 18.2. The molecule has 2 rings (SSSR count). The number of hydrogen-bond acceptors (Lipinski definition) is 4. The zero-order valence-corrected chi connectivity index (χ0v) is 8.96. The second kappa shape index (κ2) is 3.55. The quantitative estimate of drug-likeness (QED) is 0.738. The SMILES string of the molecule is O=C1CN(c2cc(F)c(F)cc2O)S(=O)(=O)N1. The molecule has 0 unspecified atom stereocenters. The van der Waals surface area contributed by atoms with Crippen molar-refractivity contribution < 1.29 is 27.1 Å². The summed E-state index contributed by atoms with van der Waals surface area (Å²) in [5.41, 5.74) is -0.498. The van der Waals surface area contributed by atoms with Crippen LogP contribution in [-0.2, 0) is 15.0 Å². The Morgan fingerprint density at radius 3 is 2.41 bits per heavy atom. The van der Waals surface area contributed by atoms with Crippen molar-refractivity contribution in [1.82, 2.24) is 4.72 Å². The van der Waals surface area contributed by atoms with Crippen LogP contribution < -0.4 is 9.03 Å². The summed E-state index contributed by atoms with van der Waals surface area (Å²) >= 11 is 0. The van der Waals surface area contributed by atoms with Crippen molar-refractivity contribution in [3.63, 3.8) is 0 Å². The number of nitrogens with zero attached hydrogens (tertiary/aromatic N) is 1. The van der Waals surface area contributed by atoms with Crippen LogP contribution in [0.1, 0.15) is 0 Å². The zero-order valence-electron chi connectivity index (χ0n) is 8.15. The summed E-state index contributed by atoms with van der Waals surface area (Å²) in [4.78, 5) is 10.9. The maximum Gasteiger partial charge on any atom is 0.326 e. The van der Waals surface area contributed by atoms with Crippen molar-refractivity contribution in [2.24, 2.45) is 0 Å². The minimum Gasteiger partial charge on any atom is -0.506 e. The van der Waals surface area contributed by atoms with Crippen LogP contribution in [0.5, 0.6) is 5.75 Å². The molecule has 1 aliphatic heterocycles. The van der Waals surface area contributed by atoms with Gasteiger partial charge in [-0.05, 0) is 0 Å². The fourth-order valence-electron chi connectivity index (χ4n) is 1.39. The van der Waals surface area contributed by atoms with Crippen LogP contribution in [0.2, 0.25) is 0 Å². The fourth-order valence-corrected chi connectivity index (χ4v) is 2.54. The van der Waals surface area contributed by atoms with Gasteiger partial charge in [-0.1, -0.05) is 0 Å². The number of rotatable bonds is 1. The van der Waals surface area contributed by atoms with E-state index in [2.05, 4.69) is 0 Å². The van der Waals surface area contributed by atoms with Crippen LogP contribution in [0.15, 0.2) is 12.1 Å². The van der Waals surface area contributed by atoms with Crippen molar-refractivity contribution in [3.8, 4) is 5.75 Å². The molecule has 6 nitrogen and oxygen atoms in total. The highest BCUT2D eigenvalue weighted by molar-refractivity contribution is 7.92. The lowest BCUT2D eigenvalue weighted by Gasteiger charge is -2.15. The number of anilines is 1. The molecule has 1 aromatic rings. The van der Waals surface area contributed by atoms with Gasteiger partial charge < -0.3 is 5.11 Å². The Morgan fingerprint density at radius 1 is 1.29 bits per heavy atom. The van der Waals surface area contributed by atoms with Gasteiger partial charge in [0, 0.05) is 12.1 Å². The molecule has 1 aromatic carbocycles. The topological polar surface area (TPSA) is 86.7 Å². The lowest BCUT2D eigenvalue weighted by Crippen LogP contribution is -2.29. The molecule has 0 atom stereocenters. The average Bonchev–Trinajstić information content (AvgIpc) is 2.45. The van der Waals surface area contributed by atoms with Gasteiger partial charge in [0.15, 0.2) is 11.6 Å². The Labute approximate surface area is 94.6 Å². The smallest absolute Gasteiger partial charge is 0.326 e. The number of halogens is 2. The van der Waals surface area contributed by atoms with Gasteiger partial charge in [-0.25, -0.2) is 17.8 Å². The van der Waals surface area contributed by atoms with E-state index in [0.717, 1.165) is 0 Å². The first kappa shape index (κ1) is 11.6. The van der Waals surface area contributed by atoms with E-state index >= 15 is 0 Å². The van der Waals surface area contributed by atoms with Crippen molar-refractivity contribution in [2.45, 2.75) is 0 Å². The maximum absolute atomic E-state index is 12.9. The predicted octanol–water partition coefficient (Wildman–Crippen LogP) is -0.149. The molecular weight excluding hydrogens is 258 g/mol. The maximum atomic E-state index is 12.9. The molecule has 0 bridgehead atoms. The molecule has 0 aliphatic carbocycles. The third kappa shape index (κ3) is 1.88. The number of carbonyl (C=O) groups excluding carboxylic acids is 1. The van der Waals surface area contributed by atoms with Crippen LogP contribution in [0.4, 0.5) is 14.5 Å². The molecule has 1 fully saturated rings. The van der Waals surface area contributed by atoms with Gasteiger partial charge in [-0.2, -0.15) is 8.42 Å². The first-order chi connectivity index (χ1) is 7.81. The number of nitrogens with one attached hydrogen (secondary N) is 1. The second-order valence-electron chi connectivity index (χ2n) is 3.29. The van der Waals surface area contributed by atoms with Crippen molar-refractivity contribution in [1.29, 1.82) is 0 Å². The lowest BCUT2D eigenvalue weighted by atomic mass is 10.2. The zero-order chi connectivity index (χ0) is 12.8. The highest BCUT2D eigenvalue weighted by Gasteiger charge is 2.36. The first-order valence-corrected chi connectivity index (χ1v) is 5.76. The van der Waals surface area contributed by atoms with E-state index in [1.807, 2.05) is 0 Å². The molecule has 0 aromatic heterocycles. The summed E-state index contributed by atoms with van der Waals surface area (Å²) in [5, 5.41) is 9.34. The van der Waals surface area contributed by atoms with E-state index in [1.165, 1.54) is 0 Å². The van der Waals surface area contributed by atoms with Crippen LogP contribution in [0.25, 0.3) is 0 Å². The Hall–Kier alpha value is -1.90. The lowest BCUT2D eigenvalue weighted by molar-refractivity contribution is -0.117. The largest absolute Gasteiger partial charge is 0.506 e. The number of hydrogen-bond donors (Lipinski definition) is 2. The van der Waals surface area contributed by atoms with Crippen LogP contribution in [0.3, 0.4) is 0 Å². The van der Waals surface area contributed by atoms with E-state index < -0.39 is 45.7 Å². The standard InChI is InChI=1S/C8H6F2N2O4S/c9-4-1-6(7(13)2-5(4)10)12-3-8(14)11-17(12,15)16/h1-2,13H,3H2,(H,11,14). The van der Waals surface area contributed by atoms with E-state index in [0.29, 0.717) is 16.4 Å². The minimum absolute atomic E-state index is 0.434. The first-order valence-electron chi connectivity index (χ1n) is 4.32. The third-order valence-corrected chi connectivity index (χ3v) is 3.50. The Balaban J connectivity index is 2.55. The third-order valence-electron chi connectivity index (χ3n) is 2.11. The molecule has 92 valence electrons. The summed E-state index contributed by atoms with van der Waals surface area (Å²) in [5.74, 6) is -4.24. The molecule has 0 saturated carbocycles. The van der Waals surface area contributed by atoms with E-state index in [4.69, 9.17) is 0 Å². The highest BCUT2D eigenvalue weighted by Crippen LogP contribution is 2.32. The Kier molecular flexibility index (Phi) is 2.42.